The number of aryl methyl sites for hydroxylation is 1. The number of nitrogens with zero attached hydrogens (tertiary/aromatic N) is 1. The van der Waals surface area contributed by atoms with Crippen molar-refractivity contribution in [2.45, 2.75) is 25.7 Å². The van der Waals surface area contributed by atoms with Crippen LogP contribution in [0.4, 0.5) is 0 Å². The molecule has 1 fully saturated rings. The van der Waals surface area contributed by atoms with Crippen molar-refractivity contribution in [3.05, 3.63) is 29.6 Å². The second kappa shape index (κ2) is 4.01. The van der Waals surface area contributed by atoms with Gasteiger partial charge < -0.3 is 4.74 Å². The van der Waals surface area contributed by atoms with Crippen molar-refractivity contribution >= 4 is 5.97 Å². The number of aromatic nitrogens is 1. The van der Waals surface area contributed by atoms with Gasteiger partial charge in [-0.3, -0.25) is 9.78 Å². The second-order valence-electron chi connectivity index (χ2n) is 4.02. The highest BCUT2D eigenvalue weighted by atomic mass is 16.5. The number of pyridine rings is 1. The van der Waals surface area contributed by atoms with Gasteiger partial charge in [0.2, 0.25) is 0 Å². The van der Waals surface area contributed by atoms with Crippen molar-refractivity contribution in [1.29, 1.82) is 0 Å². The minimum absolute atomic E-state index is 0.108. The molecule has 80 valence electrons. The molecule has 1 aromatic heterocycles. The Morgan fingerprint density at radius 1 is 1.60 bits per heavy atom. The molecule has 0 radical (unpaired) electrons. The molecule has 0 aliphatic heterocycles. The fourth-order valence-electron chi connectivity index (χ4n) is 1.96. The molecule has 15 heavy (non-hydrogen) atoms. The third-order valence-corrected chi connectivity index (χ3v) is 2.93. The molecule has 3 nitrogen and oxygen atoms in total. The van der Waals surface area contributed by atoms with Gasteiger partial charge in [0, 0.05) is 11.9 Å². The Labute approximate surface area is 89.5 Å². The minimum Gasteiger partial charge on any atom is -0.469 e. The maximum absolute atomic E-state index is 11.7. The van der Waals surface area contributed by atoms with Crippen LogP contribution in [0.15, 0.2) is 18.3 Å². The molecule has 1 heterocycles. The quantitative estimate of drug-likeness (QED) is 0.709. The number of hydrogen-bond acceptors (Lipinski definition) is 3. The van der Waals surface area contributed by atoms with Crippen molar-refractivity contribution in [3.63, 3.8) is 0 Å². The molecular weight excluding hydrogens is 190 g/mol. The van der Waals surface area contributed by atoms with Crippen molar-refractivity contribution in [1.82, 2.24) is 4.98 Å². The molecule has 1 saturated carbocycles. The highest BCUT2D eigenvalue weighted by molar-refractivity contribution is 5.79. The van der Waals surface area contributed by atoms with Gasteiger partial charge in [-0.05, 0) is 37.3 Å². The normalized spacial score (nSPS) is 17.2. The van der Waals surface area contributed by atoms with Gasteiger partial charge in [0.05, 0.1) is 13.0 Å². The molecule has 1 aliphatic rings. The molecule has 1 aliphatic carbocycles. The van der Waals surface area contributed by atoms with E-state index in [0.29, 0.717) is 5.92 Å². The maximum atomic E-state index is 11.7. The Balaban J connectivity index is 2.32. The zero-order chi connectivity index (χ0) is 10.8. The first kappa shape index (κ1) is 10.1. The number of esters is 1. The molecule has 0 bridgehead atoms. The fourth-order valence-corrected chi connectivity index (χ4v) is 1.96. The Hall–Kier alpha value is -1.38. The van der Waals surface area contributed by atoms with Gasteiger partial charge in [0.1, 0.15) is 0 Å². The zero-order valence-electron chi connectivity index (χ0n) is 9.06. The number of rotatable bonds is 3. The Morgan fingerprint density at radius 2 is 2.33 bits per heavy atom. The molecule has 0 amide bonds. The van der Waals surface area contributed by atoms with E-state index in [2.05, 4.69) is 4.98 Å². The molecule has 0 saturated heterocycles. The molecule has 1 atom stereocenters. The van der Waals surface area contributed by atoms with Crippen LogP contribution in [-0.4, -0.2) is 18.1 Å². The predicted octanol–water partition coefficient (Wildman–Crippen LogP) is 2.06. The zero-order valence-corrected chi connectivity index (χ0v) is 9.06. The van der Waals surface area contributed by atoms with E-state index in [1.165, 1.54) is 7.11 Å². The summed E-state index contributed by atoms with van der Waals surface area (Å²) < 4.78 is 4.86. The van der Waals surface area contributed by atoms with E-state index < -0.39 is 0 Å². The third-order valence-electron chi connectivity index (χ3n) is 2.93. The van der Waals surface area contributed by atoms with E-state index in [0.717, 1.165) is 24.1 Å². The summed E-state index contributed by atoms with van der Waals surface area (Å²) >= 11 is 0. The van der Waals surface area contributed by atoms with E-state index in [1.807, 2.05) is 19.1 Å². The summed E-state index contributed by atoms with van der Waals surface area (Å²) in [5.74, 6) is 0.220. The molecule has 1 aromatic rings. The summed E-state index contributed by atoms with van der Waals surface area (Å²) in [6, 6.07) is 3.85. The van der Waals surface area contributed by atoms with Crippen LogP contribution in [-0.2, 0) is 9.53 Å². The summed E-state index contributed by atoms with van der Waals surface area (Å²) in [4.78, 5) is 15.9. The van der Waals surface area contributed by atoms with Gasteiger partial charge in [-0.25, -0.2) is 0 Å². The lowest BCUT2D eigenvalue weighted by atomic mass is 9.93. The van der Waals surface area contributed by atoms with Crippen LogP contribution < -0.4 is 0 Å². The van der Waals surface area contributed by atoms with Gasteiger partial charge in [0.25, 0.3) is 0 Å². The molecule has 0 N–H and O–H groups in total. The minimum atomic E-state index is -0.131. The van der Waals surface area contributed by atoms with E-state index in [9.17, 15) is 4.79 Å². The summed E-state index contributed by atoms with van der Waals surface area (Å²) in [5.41, 5.74) is 1.95. The number of methoxy groups -OCH3 is 1. The molecule has 0 spiro atoms. The Kier molecular flexibility index (Phi) is 2.71. The van der Waals surface area contributed by atoms with Gasteiger partial charge in [0.15, 0.2) is 0 Å². The number of carbonyl (C=O) groups excluding carboxylic acids is 1. The smallest absolute Gasteiger partial charge is 0.313 e. The topological polar surface area (TPSA) is 39.2 Å². The average molecular weight is 205 g/mol. The van der Waals surface area contributed by atoms with Gasteiger partial charge in [-0.1, -0.05) is 6.07 Å². The van der Waals surface area contributed by atoms with E-state index >= 15 is 0 Å². The first-order valence-corrected chi connectivity index (χ1v) is 5.23. The van der Waals surface area contributed by atoms with Crippen molar-refractivity contribution in [2.24, 2.45) is 5.92 Å². The molecule has 1 unspecified atom stereocenters. The Morgan fingerprint density at radius 3 is 2.87 bits per heavy atom. The average Bonchev–Trinajstić information content (AvgIpc) is 3.05. The summed E-state index contributed by atoms with van der Waals surface area (Å²) in [5, 5.41) is 0. The lowest BCUT2D eigenvalue weighted by Crippen LogP contribution is -2.17. The van der Waals surface area contributed by atoms with Gasteiger partial charge in [-0.15, -0.1) is 0 Å². The largest absolute Gasteiger partial charge is 0.469 e. The van der Waals surface area contributed by atoms with E-state index in [4.69, 9.17) is 4.74 Å². The lowest BCUT2D eigenvalue weighted by molar-refractivity contribution is -0.143. The first-order chi connectivity index (χ1) is 7.24. The van der Waals surface area contributed by atoms with Gasteiger partial charge in [-0.2, -0.15) is 0 Å². The monoisotopic (exact) mass is 205 g/mol. The van der Waals surface area contributed by atoms with Crippen LogP contribution in [0.2, 0.25) is 0 Å². The second-order valence-corrected chi connectivity index (χ2v) is 4.02. The van der Waals surface area contributed by atoms with E-state index in [1.54, 1.807) is 6.20 Å². The Bertz CT molecular complexity index is 372. The van der Waals surface area contributed by atoms with Crippen LogP contribution in [0.1, 0.15) is 30.0 Å². The maximum Gasteiger partial charge on any atom is 0.313 e. The highest BCUT2D eigenvalue weighted by Gasteiger charge is 2.38. The molecular formula is C12H15NO2. The predicted molar refractivity (Wildman–Crippen MR) is 56.5 cm³/mol. The summed E-state index contributed by atoms with van der Waals surface area (Å²) in [6.45, 7) is 1.94. The van der Waals surface area contributed by atoms with Crippen molar-refractivity contribution < 1.29 is 9.53 Å². The van der Waals surface area contributed by atoms with Crippen LogP contribution in [0.25, 0.3) is 0 Å². The van der Waals surface area contributed by atoms with Crippen LogP contribution in [0, 0.1) is 12.8 Å². The number of carbonyl (C=O) groups is 1. The standard InChI is InChI=1S/C12H15NO2/c1-8-10(4-3-7-13-8)11(9-5-6-9)12(14)15-2/h3-4,7,9,11H,5-6H2,1-2H3. The molecule has 0 aromatic carbocycles. The van der Waals surface area contributed by atoms with Crippen molar-refractivity contribution in [2.75, 3.05) is 7.11 Å². The summed E-state index contributed by atoms with van der Waals surface area (Å²) in [6.07, 6.45) is 3.99. The van der Waals surface area contributed by atoms with E-state index in [-0.39, 0.29) is 11.9 Å². The SMILES string of the molecule is COC(=O)C(c1cccnc1C)C1CC1. The molecule has 2 rings (SSSR count). The molecule has 3 heteroatoms. The highest BCUT2D eigenvalue weighted by Crippen LogP contribution is 2.43. The first-order valence-electron chi connectivity index (χ1n) is 5.23. The third kappa shape index (κ3) is 2.01. The summed E-state index contributed by atoms with van der Waals surface area (Å²) in [7, 11) is 1.45. The van der Waals surface area contributed by atoms with Crippen LogP contribution in [0.3, 0.4) is 0 Å². The number of hydrogen-bond donors (Lipinski definition) is 0. The lowest BCUT2D eigenvalue weighted by Gasteiger charge is -2.15. The van der Waals surface area contributed by atoms with Crippen LogP contribution >= 0.6 is 0 Å². The van der Waals surface area contributed by atoms with Crippen LogP contribution in [0.5, 0.6) is 0 Å². The fraction of sp³-hybridized carbons (Fsp3) is 0.500. The van der Waals surface area contributed by atoms with Gasteiger partial charge >= 0.3 is 5.97 Å². The van der Waals surface area contributed by atoms with Crippen molar-refractivity contribution in [3.8, 4) is 0 Å². The number of ether oxygens (including phenoxy) is 1.